The van der Waals surface area contributed by atoms with E-state index in [4.69, 9.17) is 9.47 Å². The van der Waals surface area contributed by atoms with Crippen LogP contribution in [0.2, 0.25) is 0 Å². The third-order valence-electron chi connectivity index (χ3n) is 4.21. The Kier molecular flexibility index (Phi) is 4.94. The van der Waals surface area contributed by atoms with Crippen LogP contribution in [0.1, 0.15) is 23.1 Å². The summed E-state index contributed by atoms with van der Waals surface area (Å²) in [6.45, 7) is 0.705. The summed E-state index contributed by atoms with van der Waals surface area (Å²) in [4.78, 5) is 17.0. The van der Waals surface area contributed by atoms with Gasteiger partial charge in [-0.2, -0.15) is 0 Å². The van der Waals surface area contributed by atoms with Gasteiger partial charge in [-0.15, -0.1) is 0 Å². The van der Waals surface area contributed by atoms with Crippen LogP contribution in [0, 0.1) is 0 Å². The van der Waals surface area contributed by atoms with Crippen molar-refractivity contribution in [1.82, 2.24) is 0 Å². The largest absolute Gasteiger partial charge is 0.493 e. The molecule has 1 heterocycles. The van der Waals surface area contributed by atoms with E-state index in [1.807, 2.05) is 42.5 Å². The summed E-state index contributed by atoms with van der Waals surface area (Å²) in [6, 6.07) is 13.7. The second-order valence-electron chi connectivity index (χ2n) is 5.82. The van der Waals surface area contributed by atoms with Gasteiger partial charge >= 0.3 is 0 Å². The number of methoxy groups -OCH3 is 2. The molecular formula is C20H21NO3. The number of hydrogen-bond acceptors (Lipinski definition) is 4. The molecule has 0 spiro atoms. The molecule has 0 saturated carbocycles. The summed E-state index contributed by atoms with van der Waals surface area (Å²) in [5, 5.41) is 0. The van der Waals surface area contributed by atoms with Crippen LogP contribution in [-0.2, 0) is 17.6 Å². The first-order chi connectivity index (χ1) is 11.7. The van der Waals surface area contributed by atoms with Gasteiger partial charge in [-0.1, -0.05) is 30.3 Å². The van der Waals surface area contributed by atoms with E-state index in [0.717, 1.165) is 28.8 Å². The Hall–Kier alpha value is -2.62. The molecular weight excluding hydrogens is 302 g/mol. The third kappa shape index (κ3) is 3.48. The topological polar surface area (TPSA) is 47.9 Å². The minimum Gasteiger partial charge on any atom is -0.493 e. The van der Waals surface area contributed by atoms with E-state index in [1.165, 1.54) is 0 Å². The van der Waals surface area contributed by atoms with E-state index >= 15 is 0 Å². The number of nitrogens with zero attached hydrogens (tertiary/aromatic N) is 1. The minimum absolute atomic E-state index is 0.169. The lowest BCUT2D eigenvalue weighted by atomic mass is 9.93. The van der Waals surface area contributed by atoms with Gasteiger partial charge in [-0.3, -0.25) is 9.79 Å². The second-order valence-corrected chi connectivity index (χ2v) is 5.82. The van der Waals surface area contributed by atoms with E-state index < -0.39 is 0 Å². The molecule has 4 nitrogen and oxygen atoms in total. The Balaban J connectivity index is 1.81. The maximum Gasteiger partial charge on any atom is 0.161 e. The number of fused-ring (bicyclic) bond motifs is 1. The van der Waals surface area contributed by atoms with Gasteiger partial charge in [0.25, 0.3) is 0 Å². The molecule has 0 radical (unpaired) electrons. The van der Waals surface area contributed by atoms with Crippen LogP contribution in [0.5, 0.6) is 11.5 Å². The summed E-state index contributed by atoms with van der Waals surface area (Å²) in [5.74, 6) is 1.55. The minimum atomic E-state index is 0.169. The smallest absolute Gasteiger partial charge is 0.161 e. The van der Waals surface area contributed by atoms with Crippen molar-refractivity contribution in [1.29, 1.82) is 0 Å². The molecule has 1 aliphatic rings. The highest BCUT2D eigenvalue weighted by molar-refractivity contribution is 6.12. The predicted octanol–water partition coefficient (Wildman–Crippen LogP) is 3.25. The number of ketones is 1. The average Bonchev–Trinajstić information content (AvgIpc) is 2.61. The van der Waals surface area contributed by atoms with Crippen molar-refractivity contribution in [3.8, 4) is 11.5 Å². The Bertz CT molecular complexity index is 766. The lowest BCUT2D eigenvalue weighted by Gasteiger charge is -2.19. The van der Waals surface area contributed by atoms with Crippen molar-refractivity contribution in [3.63, 3.8) is 0 Å². The maximum atomic E-state index is 12.4. The lowest BCUT2D eigenvalue weighted by Crippen LogP contribution is -2.18. The molecule has 0 saturated heterocycles. The van der Waals surface area contributed by atoms with Crippen LogP contribution in [0.15, 0.2) is 47.5 Å². The molecule has 2 aromatic rings. The molecule has 0 N–H and O–H groups in total. The standard InChI is InChI=1S/C20H21NO3/c1-23-19-11-15-8-9-21-18(17(15)13-20(19)24-2)12-16(22)10-14-6-4-3-5-7-14/h3-7,11,13H,8-10,12H2,1-2H3. The molecule has 0 aliphatic carbocycles. The van der Waals surface area contributed by atoms with E-state index in [0.29, 0.717) is 30.9 Å². The van der Waals surface area contributed by atoms with Gasteiger partial charge in [0, 0.05) is 30.7 Å². The van der Waals surface area contributed by atoms with Crippen LogP contribution in [0.3, 0.4) is 0 Å². The highest BCUT2D eigenvalue weighted by atomic mass is 16.5. The first-order valence-corrected chi connectivity index (χ1v) is 8.05. The van der Waals surface area contributed by atoms with Crippen molar-refractivity contribution >= 4 is 11.5 Å². The molecule has 0 amide bonds. The van der Waals surface area contributed by atoms with E-state index in [1.54, 1.807) is 14.2 Å². The van der Waals surface area contributed by atoms with Gasteiger partial charge in [0.1, 0.15) is 5.78 Å². The molecule has 0 fully saturated rings. The summed E-state index contributed by atoms with van der Waals surface area (Å²) in [7, 11) is 3.25. The second kappa shape index (κ2) is 7.30. The Morgan fingerprint density at radius 3 is 2.46 bits per heavy atom. The molecule has 4 heteroatoms. The Morgan fingerprint density at radius 1 is 1.04 bits per heavy atom. The van der Waals surface area contributed by atoms with Gasteiger partial charge < -0.3 is 9.47 Å². The molecule has 0 atom stereocenters. The quantitative estimate of drug-likeness (QED) is 0.820. The van der Waals surface area contributed by atoms with Crippen LogP contribution < -0.4 is 9.47 Å². The summed E-state index contributed by atoms with van der Waals surface area (Å²) >= 11 is 0. The molecule has 2 aromatic carbocycles. The van der Waals surface area contributed by atoms with Crippen molar-refractivity contribution in [2.75, 3.05) is 20.8 Å². The average molecular weight is 323 g/mol. The maximum absolute atomic E-state index is 12.4. The lowest BCUT2D eigenvalue weighted by molar-refractivity contribution is -0.117. The van der Waals surface area contributed by atoms with Gasteiger partial charge in [-0.05, 0) is 29.7 Å². The van der Waals surface area contributed by atoms with E-state index in [9.17, 15) is 4.79 Å². The first-order valence-electron chi connectivity index (χ1n) is 8.05. The summed E-state index contributed by atoms with van der Waals surface area (Å²) < 4.78 is 10.8. The molecule has 124 valence electrons. The normalized spacial score (nSPS) is 13.0. The summed E-state index contributed by atoms with van der Waals surface area (Å²) in [5.41, 5.74) is 4.04. The number of hydrogen-bond donors (Lipinski definition) is 0. The van der Waals surface area contributed by atoms with E-state index in [-0.39, 0.29) is 5.78 Å². The number of carbonyl (C=O) groups is 1. The number of Topliss-reactive ketones (excluding diaryl/α,β-unsaturated/α-hetero) is 1. The van der Waals surface area contributed by atoms with Crippen molar-refractivity contribution in [2.45, 2.75) is 19.3 Å². The van der Waals surface area contributed by atoms with Gasteiger partial charge in [0.15, 0.2) is 11.5 Å². The molecule has 1 aliphatic heterocycles. The number of aliphatic imine (C=N–C) groups is 1. The number of rotatable bonds is 6. The van der Waals surface area contributed by atoms with Crippen LogP contribution in [-0.4, -0.2) is 32.3 Å². The van der Waals surface area contributed by atoms with Crippen LogP contribution in [0.25, 0.3) is 0 Å². The van der Waals surface area contributed by atoms with Gasteiger partial charge in [0.2, 0.25) is 0 Å². The van der Waals surface area contributed by atoms with Crippen molar-refractivity contribution in [3.05, 3.63) is 59.2 Å². The molecule has 24 heavy (non-hydrogen) atoms. The SMILES string of the molecule is COc1cc2c(cc1OC)C(CC(=O)Cc1ccccc1)=NCC2. The zero-order valence-corrected chi connectivity index (χ0v) is 14.0. The number of benzene rings is 2. The highest BCUT2D eigenvalue weighted by Gasteiger charge is 2.20. The zero-order chi connectivity index (χ0) is 16.9. The molecule has 0 bridgehead atoms. The Labute approximate surface area is 142 Å². The predicted molar refractivity (Wildman–Crippen MR) is 94.4 cm³/mol. The van der Waals surface area contributed by atoms with E-state index in [2.05, 4.69) is 4.99 Å². The van der Waals surface area contributed by atoms with Gasteiger partial charge in [-0.25, -0.2) is 0 Å². The van der Waals surface area contributed by atoms with Crippen molar-refractivity contribution in [2.24, 2.45) is 4.99 Å². The summed E-state index contributed by atoms with van der Waals surface area (Å²) in [6.07, 6.45) is 1.63. The molecule has 0 unspecified atom stereocenters. The fourth-order valence-corrected chi connectivity index (χ4v) is 3.02. The van der Waals surface area contributed by atoms with Crippen LogP contribution >= 0.6 is 0 Å². The zero-order valence-electron chi connectivity index (χ0n) is 14.0. The molecule has 3 rings (SSSR count). The van der Waals surface area contributed by atoms with Crippen molar-refractivity contribution < 1.29 is 14.3 Å². The molecule has 0 aromatic heterocycles. The number of carbonyl (C=O) groups excluding carboxylic acids is 1. The Morgan fingerprint density at radius 2 is 1.75 bits per heavy atom. The highest BCUT2D eigenvalue weighted by Crippen LogP contribution is 2.33. The third-order valence-corrected chi connectivity index (χ3v) is 4.21. The first kappa shape index (κ1) is 16.2. The fraction of sp³-hybridized carbons (Fsp3) is 0.300. The van der Waals surface area contributed by atoms with Crippen LogP contribution in [0.4, 0.5) is 0 Å². The van der Waals surface area contributed by atoms with Gasteiger partial charge in [0.05, 0.1) is 14.2 Å². The fourth-order valence-electron chi connectivity index (χ4n) is 3.02. The monoisotopic (exact) mass is 323 g/mol. The number of ether oxygens (including phenoxy) is 2.